The second-order valence-corrected chi connectivity index (χ2v) is 5.17. The predicted octanol–water partition coefficient (Wildman–Crippen LogP) is 0.360. The van der Waals surface area contributed by atoms with Crippen LogP contribution in [0.3, 0.4) is 0 Å². The number of hydrogen-bond acceptors (Lipinski definition) is 3. The molecular weight excluding hydrogens is 244 g/mol. The van der Waals surface area contributed by atoms with Gasteiger partial charge in [-0.1, -0.05) is 0 Å². The van der Waals surface area contributed by atoms with Crippen molar-refractivity contribution in [2.24, 2.45) is 13.0 Å². The summed E-state index contributed by atoms with van der Waals surface area (Å²) in [5.74, 6) is 0.157. The fraction of sp³-hybridized carbons (Fsp3) is 0.615. The second-order valence-electron chi connectivity index (χ2n) is 5.17. The van der Waals surface area contributed by atoms with Crippen LogP contribution in [0, 0.1) is 5.92 Å². The van der Waals surface area contributed by atoms with Crippen molar-refractivity contribution in [3.8, 4) is 0 Å². The van der Waals surface area contributed by atoms with E-state index in [1.165, 1.54) is 0 Å². The average molecular weight is 264 g/mol. The molecule has 0 aromatic carbocycles. The van der Waals surface area contributed by atoms with Gasteiger partial charge in [0.15, 0.2) is 0 Å². The molecule has 0 aliphatic carbocycles. The van der Waals surface area contributed by atoms with Gasteiger partial charge in [0.1, 0.15) is 5.69 Å². The van der Waals surface area contributed by atoms with E-state index in [0.29, 0.717) is 18.8 Å². The Labute approximate surface area is 113 Å². The summed E-state index contributed by atoms with van der Waals surface area (Å²) in [6.45, 7) is 1.25. The molecule has 0 N–H and O–H groups in total. The molecule has 0 bridgehead atoms. The second kappa shape index (κ2) is 5.42. The molecular formula is C13H20N4O2. The van der Waals surface area contributed by atoms with Gasteiger partial charge in [-0.05, 0) is 18.9 Å². The molecule has 1 fully saturated rings. The number of likely N-dealkylation sites (tertiary alicyclic amines) is 1. The standard InChI is InChI=1S/C13H20N4O2/c1-15(2)12(18)10-4-8-17(9-5-10)13(19)11-6-7-16(3)14-11/h6-7,10H,4-5,8-9H2,1-3H3. The van der Waals surface area contributed by atoms with Crippen LogP contribution in [0.25, 0.3) is 0 Å². The Morgan fingerprint density at radius 1 is 1.32 bits per heavy atom. The summed E-state index contributed by atoms with van der Waals surface area (Å²) in [4.78, 5) is 27.4. The maximum Gasteiger partial charge on any atom is 0.274 e. The number of amides is 2. The predicted molar refractivity (Wildman–Crippen MR) is 70.5 cm³/mol. The molecule has 0 radical (unpaired) electrons. The number of aromatic nitrogens is 2. The van der Waals surface area contributed by atoms with E-state index in [4.69, 9.17) is 0 Å². The van der Waals surface area contributed by atoms with Crippen molar-refractivity contribution in [1.82, 2.24) is 19.6 Å². The first kappa shape index (κ1) is 13.6. The molecule has 6 nitrogen and oxygen atoms in total. The molecule has 1 aliphatic heterocycles. The third-order valence-electron chi connectivity index (χ3n) is 3.50. The van der Waals surface area contributed by atoms with E-state index in [9.17, 15) is 9.59 Å². The monoisotopic (exact) mass is 264 g/mol. The average Bonchev–Trinajstić information content (AvgIpc) is 2.84. The van der Waals surface area contributed by atoms with Crippen LogP contribution >= 0.6 is 0 Å². The largest absolute Gasteiger partial charge is 0.349 e. The first-order valence-electron chi connectivity index (χ1n) is 6.49. The Morgan fingerprint density at radius 2 is 1.95 bits per heavy atom. The van der Waals surface area contributed by atoms with E-state index in [2.05, 4.69) is 5.10 Å². The van der Waals surface area contributed by atoms with Crippen LogP contribution in [0.5, 0.6) is 0 Å². The van der Waals surface area contributed by atoms with Crippen LogP contribution in [0.2, 0.25) is 0 Å². The van der Waals surface area contributed by atoms with Gasteiger partial charge >= 0.3 is 0 Å². The van der Waals surface area contributed by atoms with E-state index >= 15 is 0 Å². The molecule has 0 spiro atoms. The van der Waals surface area contributed by atoms with Gasteiger partial charge in [-0.25, -0.2) is 0 Å². The van der Waals surface area contributed by atoms with Crippen LogP contribution in [0.15, 0.2) is 12.3 Å². The van der Waals surface area contributed by atoms with Gasteiger partial charge < -0.3 is 9.80 Å². The fourth-order valence-corrected chi connectivity index (χ4v) is 2.39. The van der Waals surface area contributed by atoms with Crippen molar-refractivity contribution < 1.29 is 9.59 Å². The molecule has 0 unspecified atom stereocenters. The Balaban J connectivity index is 1.93. The molecule has 1 aromatic rings. The fourth-order valence-electron chi connectivity index (χ4n) is 2.39. The normalized spacial score (nSPS) is 16.5. The highest BCUT2D eigenvalue weighted by Gasteiger charge is 2.29. The minimum Gasteiger partial charge on any atom is -0.349 e. The summed E-state index contributed by atoms with van der Waals surface area (Å²) in [6, 6.07) is 1.72. The molecule has 2 rings (SSSR count). The van der Waals surface area contributed by atoms with Crippen LogP contribution in [0.4, 0.5) is 0 Å². The molecule has 1 aromatic heterocycles. The van der Waals surface area contributed by atoms with Gasteiger partial charge in [-0.3, -0.25) is 14.3 Å². The highest BCUT2D eigenvalue weighted by atomic mass is 16.2. The zero-order valence-corrected chi connectivity index (χ0v) is 11.7. The number of carbonyl (C=O) groups excluding carboxylic acids is 2. The SMILES string of the molecule is CN(C)C(=O)C1CCN(C(=O)c2ccn(C)n2)CC1. The minimum absolute atomic E-state index is 0.0442. The van der Waals surface area contributed by atoms with Crippen LogP contribution < -0.4 is 0 Å². The van der Waals surface area contributed by atoms with Gasteiger partial charge in [-0.2, -0.15) is 5.10 Å². The van der Waals surface area contributed by atoms with E-state index in [1.807, 2.05) is 0 Å². The number of rotatable bonds is 2. The quantitative estimate of drug-likeness (QED) is 0.775. The van der Waals surface area contributed by atoms with Crippen LogP contribution in [0.1, 0.15) is 23.3 Å². The summed E-state index contributed by atoms with van der Waals surface area (Å²) in [6.07, 6.45) is 3.22. The lowest BCUT2D eigenvalue weighted by molar-refractivity contribution is -0.134. The van der Waals surface area contributed by atoms with E-state index in [1.54, 1.807) is 47.9 Å². The lowest BCUT2D eigenvalue weighted by Gasteiger charge is -2.32. The van der Waals surface area contributed by atoms with E-state index in [-0.39, 0.29) is 17.7 Å². The Kier molecular flexibility index (Phi) is 3.87. The first-order valence-corrected chi connectivity index (χ1v) is 6.49. The van der Waals surface area contributed by atoms with Gasteiger partial charge in [0.05, 0.1) is 0 Å². The number of piperidine rings is 1. The summed E-state index contributed by atoms with van der Waals surface area (Å²) in [7, 11) is 5.33. The molecule has 1 aliphatic rings. The summed E-state index contributed by atoms with van der Waals surface area (Å²) < 4.78 is 1.62. The summed E-state index contributed by atoms with van der Waals surface area (Å²) in [5.41, 5.74) is 0.472. The Morgan fingerprint density at radius 3 is 2.42 bits per heavy atom. The third kappa shape index (κ3) is 2.94. The molecule has 2 heterocycles. The molecule has 0 saturated carbocycles. The molecule has 104 valence electrons. The maximum atomic E-state index is 12.2. The van der Waals surface area contributed by atoms with E-state index < -0.39 is 0 Å². The lowest BCUT2D eigenvalue weighted by Crippen LogP contribution is -2.42. The zero-order valence-electron chi connectivity index (χ0n) is 11.7. The van der Waals surface area contributed by atoms with E-state index in [0.717, 1.165) is 12.8 Å². The van der Waals surface area contributed by atoms with Gasteiger partial charge in [0.2, 0.25) is 5.91 Å². The Hall–Kier alpha value is -1.85. The molecule has 1 saturated heterocycles. The number of carbonyl (C=O) groups is 2. The highest BCUT2D eigenvalue weighted by Crippen LogP contribution is 2.20. The molecule has 2 amide bonds. The van der Waals surface area contributed by atoms with Crippen molar-refractivity contribution in [3.63, 3.8) is 0 Å². The highest BCUT2D eigenvalue weighted by molar-refractivity contribution is 5.92. The number of hydrogen-bond donors (Lipinski definition) is 0. The minimum atomic E-state index is -0.0450. The number of aryl methyl sites for hydroxylation is 1. The van der Waals surface area contributed by atoms with Gasteiger partial charge in [0.25, 0.3) is 5.91 Å². The van der Waals surface area contributed by atoms with Crippen LogP contribution in [-0.4, -0.2) is 58.6 Å². The van der Waals surface area contributed by atoms with Crippen LogP contribution in [-0.2, 0) is 11.8 Å². The van der Waals surface area contributed by atoms with Crippen molar-refractivity contribution in [3.05, 3.63) is 18.0 Å². The summed E-state index contributed by atoms with van der Waals surface area (Å²) >= 11 is 0. The molecule has 0 atom stereocenters. The molecule has 6 heteroatoms. The van der Waals surface area contributed by atoms with Crippen molar-refractivity contribution >= 4 is 11.8 Å². The van der Waals surface area contributed by atoms with Crippen molar-refractivity contribution in [1.29, 1.82) is 0 Å². The summed E-state index contributed by atoms with van der Waals surface area (Å²) in [5, 5.41) is 4.12. The van der Waals surface area contributed by atoms with Gasteiger partial charge in [0, 0.05) is 46.3 Å². The maximum absolute atomic E-state index is 12.2. The smallest absolute Gasteiger partial charge is 0.274 e. The third-order valence-corrected chi connectivity index (χ3v) is 3.50. The Bertz CT molecular complexity index is 473. The van der Waals surface area contributed by atoms with Crippen molar-refractivity contribution in [2.45, 2.75) is 12.8 Å². The molecule has 19 heavy (non-hydrogen) atoms. The zero-order chi connectivity index (χ0) is 14.0. The van der Waals surface area contributed by atoms with Crippen molar-refractivity contribution in [2.75, 3.05) is 27.2 Å². The van der Waals surface area contributed by atoms with Gasteiger partial charge in [-0.15, -0.1) is 0 Å². The topological polar surface area (TPSA) is 58.4 Å². The first-order chi connectivity index (χ1) is 8.99. The number of nitrogens with zero attached hydrogens (tertiary/aromatic N) is 4. The lowest BCUT2D eigenvalue weighted by atomic mass is 9.95.